The summed E-state index contributed by atoms with van der Waals surface area (Å²) in [5.41, 5.74) is 2.34. The van der Waals surface area contributed by atoms with Crippen LogP contribution in [0, 0.1) is 6.92 Å². The standard InChI is InChI=1S/C22H28N6O/c1-17-25-26-21(28(17)3)15-24-22(23-14-18-8-6-5-7-9-18)27(2)16-19-10-12-20(29-4)13-11-19/h5-13H,14-16H2,1-4H3,(H,23,24). The molecule has 0 saturated carbocycles. The molecular weight excluding hydrogens is 364 g/mol. The van der Waals surface area contributed by atoms with Crippen LogP contribution in [0.1, 0.15) is 22.8 Å². The summed E-state index contributed by atoms with van der Waals surface area (Å²) in [5.74, 6) is 3.42. The Morgan fingerprint density at radius 3 is 2.41 bits per heavy atom. The summed E-state index contributed by atoms with van der Waals surface area (Å²) in [5, 5.41) is 11.8. The highest BCUT2D eigenvalue weighted by Crippen LogP contribution is 2.13. The Labute approximate surface area is 172 Å². The average molecular weight is 393 g/mol. The van der Waals surface area contributed by atoms with Crippen molar-refractivity contribution in [1.29, 1.82) is 0 Å². The summed E-state index contributed by atoms with van der Waals surface area (Å²) in [7, 11) is 5.67. The summed E-state index contributed by atoms with van der Waals surface area (Å²) < 4.78 is 7.22. The molecule has 0 aliphatic rings. The molecule has 0 radical (unpaired) electrons. The van der Waals surface area contributed by atoms with E-state index in [1.54, 1.807) is 7.11 Å². The third-order valence-electron chi connectivity index (χ3n) is 4.78. The van der Waals surface area contributed by atoms with Crippen LogP contribution in [0.15, 0.2) is 59.6 Å². The van der Waals surface area contributed by atoms with Gasteiger partial charge in [-0.3, -0.25) is 0 Å². The number of nitrogens with one attached hydrogen (secondary N) is 1. The molecule has 3 rings (SSSR count). The zero-order valence-electron chi connectivity index (χ0n) is 17.5. The van der Waals surface area contributed by atoms with Crippen molar-refractivity contribution in [3.63, 3.8) is 0 Å². The number of aromatic nitrogens is 3. The molecule has 7 heteroatoms. The van der Waals surface area contributed by atoms with Crippen molar-refractivity contribution >= 4 is 5.96 Å². The Morgan fingerprint density at radius 2 is 1.79 bits per heavy atom. The zero-order chi connectivity index (χ0) is 20.6. The van der Waals surface area contributed by atoms with E-state index in [4.69, 9.17) is 9.73 Å². The number of benzene rings is 2. The van der Waals surface area contributed by atoms with Crippen molar-refractivity contribution in [3.8, 4) is 5.75 Å². The van der Waals surface area contributed by atoms with Crippen LogP contribution in [-0.2, 0) is 26.7 Å². The molecule has 29 heavy (non-hydrogen) atoms. The Bertz CT molecular complexity index is 934. The van der Waals surface area contributed by atoms with Gasteiger partial charge in [0.15, 0.2) is 11.8 Å². The smallest absolute Gasteiger partial charge is 0.194 e. The predicted molar refractivity (Wildman–Crippen MR) is 115 cm³/mol. The van der Waals surface area contributed by atoms with E-state index in [-0.39, 0.29) is 0 Å². The quantitative estimate of drug-likeness (QED) is 0.495. The second-order valence-corrected chi connectivity index (χ2v) is 6.91. The average Bonchev–Trinajstić information content (AvgIpc) is 3.07. The van der Waals surface area contributed by atoms with Gasteiger partial charge in [0.1, 0.15) is 11.6 Å². The molecule has 3 aromatic rings. The van der Waals surface area contributed by atoms with E-state index in [0.29, 0.717) is 13.1 Å². The highest BCUT2D eigenvalue weighted by atomic mass is 16.5. The minimum atomic E-state index is 0.553. The van der Waals surface area contributed by atoms with E-state index in [1.807, 2.05) is 55.9 Å². The Hall–Kier alpha value is -3.35. The molecule has 0 atom stereocenters. The van der Waals surface area contributed by atoms with Crippen LogP contribution in [-0.4, -0.2) is 39.8 Å². The third kappa shape index (κ3) is 5.57. The maximum Gasteiger partial charge on any atom is 0.194 e. The molecule has 0 unspecified atom stereocenters. The zero-order valence-corrected chi connectivity index (χ0v) is 17.5. The monoisotopic (exact) mass is 392 g/mol. The minimum Gasteiger partial charge on any atom is -0.497 e. The van der Waals surface area contributed by atoms with Gasteiger partial charge >= 0.3 is 0 Å². The number of aliphatic imine (C=N–C) groups is 1. The summed E-state index contributed by atoms with van der Waals surface area (Å²) in [4.78, 5) is 6.93. The molecule has 0 aliphatic carbocycles. The summed E-state index contributed by atoms with van der Waals surface area (Å²) in [6.45, 7) is 3.82. The van der Waals surface area contributed by atoms with E-state index in [9.17, 15) is 0 Å². The van der Waals surface area contributed by atoms with Crippen LogP contribution in [0.2, 0.25) is 0 Å². The topological polar surface area (TPSA) is 67.6 Å². The van der Waals surface area contributed by atoms with E-state index in [0.717, 1.165) is 29.9 Å². The minimum absolute atomic E-state index is 0.553. The first-order valence-corrected chi connectivity index (χ1v) is 9.58. The molecular formula is C22H28N6O. The lowest BCUT2D eigenvalue weighted by molar-refractivity contribution is 0.414. The molecule has 1 heterocycles. The van der Waals surface area contributed by atoms with Crippen LogP contribution < -0.4 is 10.1 Å². The molecule has 0 amide bonds. The molecule has 0 saturated heterocycles. The van der Waals surface area contributed by atoms with Gasteiger partial charge in [-0.05, 0) is 30.2 Å². The molecule has 0 bridgehead atoms. The second-order valence-electron chi connectivity index (χ2n) is 6.91. The van der Waals surface area contributed by atoms with Gasteiger partial charge in [-0.15, -0.1) is 10.2 Å². The van der Waals surface area contributed by atoms with Crippen LogP contribution >= 0.6 is 0 Å². The fourth-order valence-corrected chi connectivity index (χ4v) is 2.90. The largest absolute Gasteiger partial charge is 0.497 e. The van der Waals surface area contributed by atoms with Gasteiger partial charge in [0.05, 0.1) is 20.2 Å². The lowest BCUT2D eigenvalue weighted by Gasteiger charge is -2.22. The van der Waals surface area contributed by atoms with E-state index in [1.165, 1.54) is 11.1 Å². The van der Waals surface area contributed by atoms with Gasteiger partial charge in [0.2, 0.25) is 0 Å². The van der Waals surface area contributed by atoms with Crippen molar-refractivity contribution in [1.82, 2.24) is 25.0 Å². The SMILES string of the molecule is COc1ccc(CN(C)C(=NCc2ccccc2)NCc2nnc(C)n2C)cc1. The number of nitrogens with zero attached hydrogens (tertiary/aromatic N) is 5. The van der Waals surface area contributed by atoms with Crippen molar-refractivity contribution in [2.45, 2.75) is 26.6 Å². The molecule has 1 aromatic heterocycles. The van der Waals surface area contributed by atoms with Crippen molar-refractivity contribution in [3.05, 3.63) is 77.4 Å². The molecule has 152 valence electrons. The lowest BCUT2D eigenvalue weighted by Crippen LogP contribution is -2.38. The molecule has 7 nitrogen and oxygen atoms in total. The highest BCUT2D eigenvalue weighted by Gasteiger charge is 2.11. The number of aryl methyl sites for hydroxylation is 1. The van der Waals surface area contributed by atoms with Gasteiger partial charge < -0.3 is 19.5 Å². The van der Waals surface area contributed by atoms with Crippen molar-refractivity contribution in [2.75, 3.05) is 14.2 Å². The fraction of sp³-hybridized carbons (Fsp3) is 0.318. The number of ether oxygens (including phenoxy) is 1. The number of hydrogen-bond donors (Lipinski definition) is 1. The number of guanidine groups is 1. The Balaban J connectivity index is 1.73. The van der Waals surface area contributed by atoms with Crippen LogP contribution in [0.3, 0.4) is 0 Å². The van der Waals surface area contributed by atoms with E-state index in [2.05, 4.69) is 44.7 Å². The Morgan fingerprint density at radius 1 is 1.07 bits per heavy atom. The first-order valence-electron chi connectivity index (χ1n) is 9.58. The van der Waals surface area contributed by atoms with Crippen molar-refractivity contribution in [2.24, 2.45) is 12.0 Å². The number of rotatable bonds is 7. The molecule has 0 fully saturated rings. The van der Waals surface area contributed by atoms with Gasteiger partial charge in [-0.1, -0.05) is 42.5 Å². The van der Waals surface area contributed by atoms with E-state index < -0.39 is 0 Å². The van der Waals surface area contributed by atoms with E-state index >= 15 is 0 Å². The predicted octanol–water partition coefficient (Wildman–Crippen LogP) is 2.91. The molecule has 0 aliphatic heterocycles. The first kappa shape index (κ1) is 20.4. The van der Waals surface area contributed by atoms with Crippen molar-refractivity contribution < 1.29 is 4.74 Å². The summed E-state index contributed by atoms with van der Waals surface area (Å²) >= 11 is 0. The summed E-state index contributed by atoms with van der Waals surface area (Å²) in [6, 6.07) is 18.3. The van der Waals surface area contributed by atoms with Gasteiger partial charge in [0.25, 0.3) is 0 Å². The van der Waals surface area contributed by atoms with Gasteiger partial charge in [0, 0.05) is 20.6 Å². The molecule has 0 spiro atoms. The fourth-order valence-electron chi connectivity index (χ4n) is 2.90. The normalized spacial score (nSPS) is 11.4. The molecule has 2 aromatic carbocycles. The number of methoxy groups -OCH3 is 1. The first-order chi connectivity index (χ1) is 14.1. The highest BCUT2D eigenvalue weighted by molar-refractivity contribution is 5.79. The Kier molecular flexibility index (Phi) is 6.84. The summed E-state index contributed by atoms with van der Waals surface area (Å²) in [6.07, 6.45) is 0. The van der Waals surface area contributed by atoms with Crippen LogP contribution in [0.4, 0.5) is 0 Å². The number of hydrogen-bond acceptors (Lipinski definition) is 4. The third-order valence-corrected chi connectivity index (χ3v) is 4.78. The van der Waals surface area contributed by atoms with Gasteiger partial charge in [-0.25, -0.2) is 4.99 Å². The maximum atomic E-state index is 5.25. The maximum absolute atomic E-state index is 5.25. The lowest BCUT2D eigenvalue weighted by atomic mass is 10.2. The van der Waals surface area contributed by atoms with Crippen LogP contribution in [0.5, 0.6) is 5.75 Å². The van der Waals surface area contributed by atoms with Gasteiger partial charge in [-0.2, -0.15) is 0 Å². The second kappa shape index (κ2) is 9.73. The molecule has 1 N–H and O–H groups in total. The van der Waals surface area contributed by atoms with Crippen LogP contribution in [0.25, 0.3) is 0 Å².